The summed E-state index contributed by atoms with van der Waals surface area (Å²) in [5.74, 6) is -0.107. The number of nitrogens with one attached hydrogen (secondary N) is 3. The van der Waals surface area contributed by atoms with Gasteiger partial charge in [-0.3, -0.25) is 24.8 Å². The molecule has 0 spiro atoms. The highest BCUT2D eigenvalue weighted by atomic mass is 16.1. The summed E-state index contributed by atoms with van der Waals surface area (Å²) in [7, 11) is 0. The lowest BCUT2D eigenvalue weighted by atomic mass is 10.0. The molecule has 0 aliphatic heterocycles. The second-order valence-corrected chi connectivity index (χ2v) is 9.40. The van der Waals surface area contributed by atoms with Crippen LogP contribution in [0, 0.1) is 0 Å². The Morgan fingerprint density at radius 3 is 2.55 bits per heavy atom. The lowest BCUT2D eigenvalue weighted by molar-refractivity contribution is -0.115. The molecule has 7 rings (SSSR count). The molecule has 0 unspecified atom stereocenters. The van der Waals surface area contributed by atoms with E-state index in [-0.39, 0.29) is 12.3 Å². The number of hydrogen-bond acceptors (Lipinski definition) is 6. The van der Waals surface area contributed by atoms with Crippen LogP contribution in [-0.4, -0.2) is 41.0 Å². The molecular weight excluding hydrogens is 500 g/mol. The molecule has 0 aliphatic rings. The standard InChI is InChI=1S/C31H22N8O/c40-29(12-19-4-2-1-3-5-19)36-22-13-21(16-33-17-22)26-15-25-28(18-35-26)38-39-30(25)27-14-24-23(8-11-34-31(24)37-27)20-6-9-32-10-7-20/h1-11,13-18H,12H2,(H,34,37)(H,36,40)(H,38,39). The van der Waals surface area contributed by atoms with Crippen LogP contribution in [0.4, 0.5) is 5.69 Å². The van der Waals surface area contributed by atoms with Crippen LogP contribution in [0.2, 0.25) is 0 Å². The zero-order valence-corrected chi connectivity index (χ0v) is 21.2. The number of fused-ring (bicyclic) bond motifs is 2. The Morgan fingerprint density at radius 1 is 0.800 bits per heavy atom. The molecule has 0 saturated carbocycles. The minimum Gasteiger partial charge on any atom is -0.338 e. The van der Waals surface area contributed by atoms with E-state index < -0.39 is 0 Å². The minimum absolute atomic E-state index is 0.107. The van der Waals surface area contributed by atoms with Crippen LogP contribution < -0.4 is 5.32 Å². The first-order chi connectivity index (χ1) is 19.7. The van der Waals surface area contributed by atoms with Crippen molar-refractivity contribution in [2.75, 3.05) is 5.32 Å². The number of aromatic nitrogens is 7. The van der Waals surface area contributed by atoms with Crippen LogP contribution in [0.25, 0.3) is 55.7 Å². The number of pyridine rings is 4. The Kier molecular flexibility index (Phi) is 5.78. The van der Waals surface area contributed by atoms with Crippen molar-refractivity contribution in [2.45, 2.75) is 6.42 Å². The fourth-order valence-corrected chi connectivity index (χ4v) is 4.85. The molecule has 6 aromatic heterocycles. The van der Waals surface area contributed by atoms with Gasteiger partial charge >= 0.3 is 0 Å². The average molecular weight is 523 g/mol. The normalized spacial score (nSPS) is 11.2. The van der Waals surface area contributed by atoms with Gasteiger partial charge in [-0.2, -0.15) is 5.10 Å². The van der Waals surface area contributed by atoms with Gasteiger partial charge in [-0.1, -0.05) is 30.3 Å². The van der Waals surface area contributed by atoms with Crippen molar-refractivity contribution in [1.29, 1.82) is 0 Å². The van der Waals surface area contributed by atoms with E-state index >= 15 is 0 Å². The summed E-state index contributed by atoms with van der Waals surface area (Å²) in [6, 6.07) is 21.5. The second-order valence-electron chi connectivity index (χ2n) is 9.40. The second kappa shape index (κ2) is 9.88. The van der Waals surface area contributed by atoms with Crippen molar-refractivity contribution in [2.24, 2.45) is 0 Å². The van der Waals surface area contributed by atoms with Crippen molar-refractivity contribution in [3.63, 3.8) is 0 Å². The van der Waals surface area contributed by atoms with Gasteiger partial charge in [0.2, 0.25) is 5.91 Å². The van der Waals surface area contributed by atoms with Gasteiger partial charge < -0.3 is 10.3 Å². The summed E-state index contributed by atoms with van der Waals surface area (Å²) in [6.07, 6.45) is 10.8. The minimum atomic E-state index is -0.107. The van der Waals surface area contributed by atoms with Gasteiger partial charge in [0, 0.05) is 41.1 Å². The van der Waals surface area contributed by atoms with Gasteiger partial charge in [-0.25, -0.2) is 4.98 Å². The van der Waals surface area contributed by atoms with E-state index in [2.05, 4.69) is 46.5 Å². The van der Waals surface area contributed by atoms with Crippen LogP contribution in [0.15, 0.2) is 104 Å². The van der Waals surface area contributed by atoms with E-state index in [0.717, 1.165) is 55.6 Å². The number of benzene rings is 1. The molecule has 6 heterocycles. The molecule has 1 amide bonds. The lowest BCUT2D eigenvalue weighted by Gasteiger charge is -2.07. The highest BCUT2D eigenvalue weighted by Gasteiger charge is 2.16. The zero-order chi connectivity index (χ0) is 26.9. The van der Waals surface area contributed by atoms with Crippen molar-refractivity contribution in [3.8, 4) is 33.8 Å². The first kappa shape index (κ1) is 23.4. The van der Waals surface area contributed by atoms with Crippen molar-refractivity contribution >= 4 is 33.5 Å². The maximum atomic E-state index is 12.6. The fourth-order valence-electron chi connectivity index (χ4n) is 4.85. The number of aromatic amines is 2. The van der Waals surface area contributed by atoms with E-state index in [0.29, 0.717) is 11.4 Å². The van der Waals surface area contributed by atoms with Crippen LogP contribution in [0.1, 0.15) is 5.56 Å². The molecule has 0 aliphatic carbocycles. The monoisotopic (exact) mass is 522 g/mol. The molecule has 7 aromatic rings. The maximum absolute atomic E-state index is 12.6. The third-order valence-electron chi connectivity index (χ3n) is 6.75. The van der Waals surface area contributed by atoms with Gasteiger partial charge in [-0.05, 0) is 53.1 Å². The summed E-state index contributed by atoms with van der Waals surface area (Å²) < 4.78 is 0. The van der Waals surface area contributed by atoms with Gasteiger partial charge in [0.15, 0.2) is 0 Å². The van der Waals surface area contributed by atoms with Crippen LogP contribution in [0.5, 0.6) is 0 Å². The molecule has 0 radical (unpaired) electrons. The van der Waals surface area contributed by atoms with Gasteiger partial charge in [0.25, 0.3) is 0 Å². The van der Waals surface area contributed by atoms with E-state index in [4.69, 9.17) is 0 Å². The van der Waals surface area contributed by atoms with Crippen LogP contribution in [0.3, 0.4) is 0 Å². The number of nitrogens with zero attached hydrogens (tertiary/aromatic N) is 5. The molecule has 1 aromatic carbocycles. The first-order valence-corrected chi connectivity index (χ1v) is 12.7. The number of carbonyl (C=O) groups excluding carboxylic acids is 1. The van der Waals surface area contributed by atoms with Gasteiger partial charge in [0.05, 0.1) is 41.4 Å². The molecule has 0 fully saturated rings. The van der Waals surface area contributed by atoms with E-state index in [1.807, 2.05) is 60.7 Å². The summed E-state index contributed by atoms with van der Waals surface area (Å²) >= 11 is 0. The zero-order valence-electron chi connectivity index (χ0n) is 21.2. The number of amides is 1. The molecule has 9 heteroatoms. The smallest absolute Gasteiger partial charge is 0.228 e. The summed E-state index contributed by atoms with van der Waals surface area (Å²) in [5.41, 5.74) is 8.37. The average Bonchev–Trinajstić information content (AvgIpc) is 3.62. The third-order valence-corrected chi connectivity index (χ3v) is 6.75. The quantitative estimate of drug-likeness (QED) is 0.253. The largest absolute Gasteiger partial charge is 0.338 e. The van der Waals surface area contributed by atoms with Gasteiger partial charge in [0.1, 0.15) is 11.3 Å². The third kappa shape index (κ3) is 4.45. The molecule has 40 heavy (non-hydrogen) atoms. The van der Waals surface area contributed by atoms with Gasteiger partial charge in [-0.15, -0.1) is 0 Å². The van der Waals surface area contributed by atoms with E-state index in [1.54, 1.807) is 37.2 Å². The summed E-state index contributed by atoms with van der Waals surface area (Å²) in [5, 5.41) is 12.5. The molecule has 0 atom stereocenters. The SMILES string of the molecule is O=C(Cc1ccccc1)Nc1cncc(-c2cc3c(-c4cc5c(-c6ccncc6)ccnc5[nH]4)n[nH]c3cn2)c1. The maximum Gasteiger partial charge on any atom is 0.228 e. The Balaban J connectivity index is 1.21. The number of hydrogen-bond donors (Lipinski definition) is 3. The van der Waals surface area contributed by atoms with E-state index in [1.165, 1.54) is 0 Å². The molecule has 3 N–H and O–H groups in total. The first-order valence-electron chi connectivity index (χ1n) is 12.7. The van der Waals surface area contributed by atoms with Crippen LogP contribution in [-0.2, 0) is 11.2 Å². The topological polar surface area (TPSA) is 125 Å². The number of carbonyl (C=O) groups is 1. The predicted octanol–water partition coefficient (Wildman–Crippen LogP) is 5.81. The highest BCUT2D eigenvalue weighted by Crippen LogP contribution is 2.34. The summed E-state index contributed by atoms with van der Waals surface area (Å²) in [4.78, 5) is 33.6. The number of anilines is 1. The van der Waals surface area contributed by atoms with Crippen molar-refractivity contribution in [3.05, 3.63) is 109 Å². The number of rotatable bonds is 6. The molecular formula is C31H22N8O. The Morgan fingerprint density at radius 2 is 1.68 bits per heavy atom. The Labute approximate surface area is 228 Å². The summed E-state index contributed by atoms with van der Waals surface area (Å²) in [6.45, 7) is 0. The van der Waals surface area contributed by atoms with E-state index in [9.17, 15) is 4.79 Å². The van der Waals surface area contributed by atoms with Crippen molar-refractivity contribution in [1.82, 2.24) is 35.1 Å². The number of H-pyrrole nitrogens is 2. The van der Waals surface area contributed by atoms with Crippen LogP contribution >= 0.6 is 0 Å². The molecule has 9 nitrogen and oxygen atoms in total. The lowest BCUT2D eigenvalue weighted by Crippen LogP contribution is -2.14. The molecule has 0 bridgehead atoms. The fraction of sp³-hybridized carbons (Fsp3) is 0.0323. The Hall–Kier alpha value is -5.70. The highest BCUT2D eigenvalue weighted by molar-refractivity contribution is 6.00. The molecule has 0 saturated heterocycles. The van der Waals surface area contributed by atoms with Crippen molar-refractivity contribution < 1.29 is 4.79 Å². The molecule has 192 valence electrons. The predicted molar refractivity (Wildman–Crippen MR) is 154 cm³/mol. The Bertz CT molecular complexity index is 1980.